The molecule has 2 aromatic rings. The predicted octanol–water partition coefficient (Wildman–Crippen LogP) is -0.369. The van der Waals surface area contributed by atoms with Crippen molar-refractivity contribution in [3.05, 3.63) is 27.0 Å². The second-order valence-corrected chi connectivity index (χ2v) is 4.98. The summed E-state index contributed by atoms with van der Waals surface area (Å²) in [5, 5.41) is 2.01. The van der Waals surface area contributed by atoms with Crippen LogP contribution in [-0.4, -0.2) is 25.7 Å². The van der Waals surface area contributed by atoms with Crippen LogP contribution < -0.4 is 10.1 Å². The zero-order chi connectivity index (χ0) is 9.59. The largest absolute Gasteiger partial charge is 0.288 e. The van der Waals surface area contributed by atoms with Gasteiger partial charge in [-0.15, -0.1) is 11.3 Å². The van der Waals surface area contributed by atoms with Gasteiger partial charge in [0.1, 0.15) is 0 Å². The van der Waals surface area contributed by atoms with E-state index < -0.39 is 0 Å². The molecule has 0 N–H and O–H groups in total. The lowest BCUT2D eigenvalue weighted by atomic mass is 10.3. The second-order valence-electron chi connectivity index (χ2n) is 3.12. The average molecular weight is 208 g/mol. The number of rotatable bonds is 0. The van der Waals surface area contributed by atoms with Crippen LogP contribution in [0.3, 0.4) is 0 Å². The molecular formula is C8H9AlN2OS. The summed E-state index contributed by atoms with van der Waals surface area (Å²) in [6.45, 7) is 3.71. The third-order valence-corrected chi connectivity index (χ3v) is 4.31. The Morgan fingerprint density at radius 1 is 1.54 bits per heavy atom. The first-order chi connectivity index (χ1) is 6.11. The summed E-state index contributed by atoms with van der Waals surface area (Å²) in [6, 6.07) is 0. The number of thiazole rings is 1. The number of hydrogen-bond donors (Lipinski definition) is 0. The molecule has 0 atom stereocenters. The maximum absolute atomic E-state index is 11.8. The number of fused-ring (bicyclic) bond motifs is 1. The fraction of sp³-hybridized carbons (Fsp3) is 0.250. The van der Waals surface area contributed by atoms with Crippen LogP contribution in [0.1, 0.15) is 11.3 Å². The van der Waals surface area contributed by atoms with Crippen molar-refractivity contribution < 1.29 is 0 Å². The van der Waals surface area contributed by atoms with Gasteiger partial charge >= 0.3 is 0 Å². The Balaban J connectivity index is 3.06. The van der Waals surface area contributed by atoms with Gasteiger partial charge in [0.05, 0.1) is 0 Å². The number of aryl methyl sites for hydroxylation is 1. The number of nitrogens with zero attached hydrogens (tertiary/aromatic N) is 2. The maximum atomic E-state index is 11.8. The molecule has 5 heteroatoms. The van der Waals surface area contributed by atoms with Gasteiger partial charge in [0.15, 0.2) is 4.96 Å². The first-order valence-electron chi connectivity index (χ1n) is 4.05. The van der Waals surface area contributed by atoms with Crippen LogP contribution >= 0.6 is 11.3 Å². The van der Waals surface area contributed by atoms with E-state index >= 15 is 0 Å². The van der Waals surface area contributed by atoms with Crippen LogP contribution in [0.4, 0.5) is 0 Å². The van der Waals surface area contributed by atoms with Gasteiger partial charge in [-0.05, 0) is 23.8 Å². The quantitative estimate of drug-likeness (QED) is 0.554. The molecule has 0 spiro atoms. The summed E-state index contributed by atoms with van der Waals surface area (Å²) in [7, 11) is 0. The summed E-state index contributed by atoms with van der Waals surface area (Å²) >= 11 is 2.42. The van der Waals surface area contributed by atoms with Gasteiger partial charge in [0.25, 0.3) is 21.8 Å². The van der Waals surface area contributed by atoms with Crippen molar-refractivity contribution in [2.45, 2.75) is 13.8 Å². The maximum Gasteiger partial charge on any atom is 0.288 e. The van der Waals surface area contributed by atoms with Crippen LogP contribution in [0.2, 0.25) is 0 Å². The molecule has 3 nitrogen and oxygen atoms in total. The first kappa shape index (κ1) is 8.95. The summed E-state index contributed by atoms with van der Waals surface area (Å²) < 4.78 is 2.82. The van der Waals surface area contributed by atoms with Crippen molar-refractivity contribution in [1.82, 2.24) is 9.38 Å². The minimum Gasteiger partial charge on any atom is -0.273 e. The van der Waals surface area contributed by atoms with Gasteiger partial charge in [-0.3, -0.25) is 9.20 Å². The van der Waals surface area contributed by atoms with Crippen molar-refractivity contribution in [3.63, 3.8) is 0 Å². The topological polar surface area (TPSA) is 34.4 Å². The fourth-order valence-corrected chi connectivity index (χ4v) is 3.10. The summed E-state index contributed by atoms with van der Waals surface area (Å²) in [5.41, 5.74) is 1.69. The van der Waals surface area contributed by atoms with E-state index in [0.29, 0.717) is 0 Å². The minimum absolute atomic E-state index is 0.0914. The molecule has 0 radical (unpaired) electrons. The van der Waals surface area contributed by atoms with Gasteiger partial charge in [-0.25, -0.2) is 4.98 Å². The van der Waals surface area contributed by atoms with E-state index in [2.05, 4.69) is 4.98 Å². The highest BCUT2D eigenvalue weighted by Crippen LogP contribution is 2.06. The number of aromatic nitrogens is 2. The molecule has 0 aliphatic carbocycles. The smallest absolute Gasteiger partial charge is 0.273 e. The van der Waals surface area contributed by atoms with Gasteiger partial charge in [-0.2, -0.15) is 0 Å². The highest BCUT2D eigenvalue weighted by Gasteiger charge is 2.07. The van der Waals surface area contributed by atoms with Crippen molar-refractivity contribution in [1.29, 1.82) is 0 Å². The molecule has 0 aromatic carbocycles. The Kier molecular flexibility index (Phi) is 2.03. The Hall–Kier alpha value is -0.628. The Morgan fingerprint density at radius 3 is 2.92 bits per heavy atom. The zero-order valence-corrected chi connectivity index (χ0v) is 10.6. The molecular weight excluding hydrogens is 199 g/mol. The lowest BCUT2D eigenvalue weighted by Gasteiger charge is -2.00. The van der Waals surface area contributed by atoms with Crippen LogP contribution in [0, 0.1) is 13.8 Å². The molecule has 0 saturated heterocycles. The molecule has 2 heterocycles. The molecule has 0 aliphatic heterocycles. The Labute approximate surface area is 87.5 Å². The monoisotopic (exact) mass is 208 g/mol. The standard InChI is InChI=1S/C8H7N2OS.Al.2H/c1-5-6(2)9-8-10(7(5)11)3-4-12-8;;;/h4H,1-2H3;;;. The second kappa shape index (κ2) is 2.95. The van der Waals surface area contributed by atoms with Crippen LogP contribution in [0.5, 0.6) is 0 Å². The van der Waals surface area contributed by atoms with E-state index in [9.17, 15) is 4.79 Å². The number of hydrogen-bond acceptors (Lipinski definition) is 3. The third kappa shape index (κ3) is 1.24. The van der Waals surface area contributed by atoms with E-state index in [1.54, 1.807) is 4.40 Å². The van der Waals surface area contributed by atoms with E-state index in [1.165, 1.54) is 11.3 Å². The molecule has 0 unspecified atom stereocenters. The minimum atomic E-state index is 0.0914. The van der Waals surface area contributed by atoms with E-state index in [1.807, 2.05) is 19.2 Å². The van der Waals surface area contributed by atoms with Crippen LogP contribution in [0.25, 0.3) is 4.96 Å². The van der Waals surface area contributed by atoms with Crippen molar-refractivity contribution >= 4 is 37.1 Å². The molecule has 0 bridgehead atoms. The molecule has 13 heavy (non-hydrogen) atoms. The summed E-state index contributed by atoms with van der Waals surface area (Å²) in [5.74, 6) is 0. The molecule has 0 aliphatic rings. The zero-order valence-electron chi connectivity index (χ0n) is 7.79. The summed E-state index contributed by atoms with van der Waals surface area (Å²) in [4.78, 5) is 17.0. The van der Waals surface area contributed by atoms with Crippen LogP contribution in [-0.2, 0) is 0 Å². The molecule has 66 valence electrons. The lowest BCUT2D eigenvalue weighted by molar-refractivity contribution is 1.03. The molecule has 0 saturated carbocycles. The van der Waals surface area contributed by atoms with E-state index in [0.717, 1.165) is 37.1 Å². The Bertz CT molecular complexity index is 529. The first-order valence-corrected chi connectivity index (χ1v) is 5.93. The molecule has 0 fully saturated rings. The van der Waals surface area contributed by atoms with Gasteiger partial charge in [0.2, 0.25) is 0 Å². The van der Waals surface area contributed by atoms with Crippen LogP contribution in [0.15, 0.2) is 10.2 Å². The molecule has 0 amide bonds. The van der Waals surface area contributed by atoms with E-state index in [-0.39, 0.29) is 5.56 Å². The van der Waals surface area contributed by atoms with Crippen molar-refractivity contribution in [2.75, 3.05) is 0 Å². The Morgan fingerprint density at radius 2 is 2.23 bits per heavy atom. The highest BCUT2D eigenvalue weighted by molar-refractivity contribution is 7.15. The van der Waals surface area contributed by atoms with E-state index in [4.69, 9.17) is 0 Å². The van der Waals surface area contributed by atoms with Gasteiger partial charge in [-0.1, -0.05) is 0 Å². The molecule has 2 aromatic heterocycles. The normalized spacial score (nSPS) is 10.9. The fourth-order valence-electron chi connectivity index (χ4n) is 1.27. The molecule has 2 rings (SSSR count). The highest BCUT2D eigenvalue weighted by atomic mass is 32.1. The SMILES string of the molecule is Cc1nc2sc[c]([AlH2])n2c(=O)c1C. The predicted molar refractivity (Wildman–Crippen MR) is 57.0 cm³/mol. The van der Waals surface area contributed by atoms with Gasteiger partial charge < -0.3 is 0 Å². The lowest BCUT2D eigenvalue weighted by Crippen LogP contribution is -2.26. The van der Waals surface area contributed by atoms with Gasteiger partial charge in [0, 0.05) is 11.3 Å². The van der Waals surface area contributed by atoms with Crippen molar-refractivity contribution in [3.8, 4) is 0 Å². The average Bonchev–Trinajstić information content (AvgIpc) is 2.43. The third-order valence-electron chi connectivity index (χ3n) is 2.21. The summed E-state index contributed by atoms with van der Waals surface area (Å²) in [6.07, 6.45) is 0. The van der Waals surface area contributed by atoms with Crippen molar-refractivity contribution in [2.24, 2.45) is 0 Å².